The first-order valence-electron chi connectivity index (χ1n) is 11.2. The molecule has 0 aliphatic carbocycles. The Morgan fingerprint density at radius 3 is 2.59 bits per heavy atom. The summed E-state index contributed by atoms with van der Waals surface area (Å²) in [6, 6.07) is 10.2. The highest BCUT2D eigenvalue weighted by atomic mass is 32.2. The van der Waals surface area contributed by atoms with E-state index in [4.69, 9.17) is 16.0 Å². The molecule has 0 bridgehead atoms. The van der Waals surface area contributed by atoms with Crippen molar-refractivity contribution in [1.82, 2.24) is 25.0 Å². The fraction of sp³-hybridized carbons (Fsp3) is 0.348. The number of primary sulfonamides is 1. The van der Waals surface area contributed by atoms with Crippen LogP contribution in [0.1, 0.15) is 25.5 Å². The molecular weight excluding hydrogens is 454 g/mol. The fourth-order valence-electron chi connectivity index (χ4n) is 5.00. The predicted octanol–water partition coefficient (Wildman–Crippen LogP) is 1.92. The smallest absolute Gasteiger partial charge is 0.317 e. The Kier molecular flexibility index (Phi) is 5.33. The number of anilines is 1. The van der Waals surface area contributed by atoms with Crippen LogP contribution >= 0.6 is 0 Å². The van der Waals surface area contributed by atoms with Crippen LogP contribution in [-0.2, 0) is 22.0 Å². The van der Waals surface area contributed by atoms with Crippen LogP contribution in [0.25, 0.3) is 22.4 Å². The van der Waals surface area contributed by atoms with Crippen LogP contribution < -0.4 is 16.2 Å². The fourth-order valence-corrected chi connectivity index (χ4v) is 5.51. The molecule has 0 radical (unpaired) electrons. The van der Waals surface area contributed by atoms with Crippen molar-refractivity contribution < 1.29 is 13.2 Å². The van der Waals surface area contributed by atoms with Gasteiger partial charge in [0.05, 0.1) is 10.6 Å². The number of carbonyl (C=O) groups is 1. The predicted molar refractivity (Wildman–Crippen MR) is 128 cm³/mol. The molecule has 5 N–H and O–H groups in total. The molecule has 3 aromatic rings. The first-order chi connectivity index (χ1) is 16.2. The van der Waals surface area contributed by atoms with E-state index in [-0.39, 0.29) is 16.3 Å². The summed E-state index contributed by atoms with van der Waals surface area (Å²) in [5, 5.41) is 12.9. The molecule has 0 saturated carbocycles. The van der Waals surface area contributed by atoms with Crippen molar-refractivity contribution in [3.05, 3.63) is 48.3 Å². The number of nitrogens with one attached hydrogen (secondary N) is 1. The number of nitrogens with zero attached hydrogens (tertiary/aromatic N) is 4. The lowest BCUT2D eigenvalue weighted by atomic mass is 9.82. The Morgan fingerprint density at radius 2 is 1.88 bits per heavy atom. The van der Waals surface area contributed by atoms with E-state index >= 15 is 0 Å². The van der Waals surface area contributed by atoms with E-state index in [0.717, 1.165) is 48.4 Å². The minimum Gasteiger partial charge on any atom is -0.383 e. The summed E-state index contributed by atoms with van der Waals surface area (Å²) in [5.41, 5.74) is 10.2. The van der Waals surface area contributed by atoms with Crippen molar-refractivity contribution >= 4 is 21.9 Å². The Hall–Kier alpha value is -3.44. The summed E-state index contributed by atoms with van der Waals surface area (Å²) in [5.74, 6) is 0.337. The van der Waals surface area contributed by atoms with E-state index in [1.54, 1.807) is 18.3 Å². The number of hydrogen-bond donors (Lipinski definition) is 3. The van der Waals surface area contributed by atoms with Gasteiger partial charge < -0.3 is 16.0 Å². The summed E-state index contributed by atoms with van der Waals surface area (Å²) in [6.07, 6.45) is 3.57. The average Bonchev–Trinajstić information content (AvgIpc) is 3.51. The summed E-state index contributed by atoms with van der Waals surface area (Å²) < 4.78 is 25.1. The number of aryl methyl sites for hydroxylation is 1. The highest BCUT2D eigenvalue weighted by molar-refractivity contribution is 7.89. The highest BCUT2D eigenvalue weighted by Crippen LogP contribution is 2.44. The lowest BCUT2D eigenvalue weighted by Crippen LogP contribution is -2.40. The molecule has 2 aromatic heterocycles. The second kappa shape index (κ2) is 8.10. The molecule has 1 aromatic carbocycles. The van der Waals surface area contributed by atoms with Gasteiger partial charge in [-0.2, -0.15) is 5.10 Å². The Labute approximate surface area is 198 Å². The quantitative estimate of drug-likeness (QED) is 0.518. The van der Waals surface area contributed by atoms with Gasteiger partial charge in [0.25, 0.3) is 0 Å². The van der Waals surface area contributed by atoms with Crippen molar-refractivity contribution in [2.24, 2.45) is 5.14 Å². The topological polar surface area (TPSA) is 149 Å². The molecule has 2 amide bonds. The monoisotopic (exact) mass is 481 g/mol. The number of aromatic nitrogens is 3. The number of nitrogens with two attached hydrogens (primary N) is 2. The minimum atomic E-state index is -3.77. The second-order valence-electron chi connectivity index (χ2n) is 8.90. The molecule has 10 nitrogen and oxygen atoms in total. The zero-order chi connectivity index (χ0) is 24.1. The molecular formula is C23H27N7O3S. The number of fused-ring (bicyclic) bond motifs is 2. The number of hydrogen-bond acceptors (Lipinski definition) is 6. The van der Waals surface area contributed by atoms with Crippen molar-refractivity contribution in [1.29, 1.82) is 0 Å². The van der Waals surface area contributed by atoms with Gasteiger partial charge in [0.2, 0.25) is 10.0 Å². The zero-order valence-corrected chi connectivity index (χ0v) is 19.7. The van der Waals surface area contributed by atoms with Crippen molar-refractivity contribution in [3.63, 3.8) is 0 Å². The summed E-state index contributed by atoms with van der Waals surface area (Å²) in [4.78, 5) is 18.6. The molecule has 4 heterocycles. The van der Waals surface area contributed by atoms with Gasteiger partial charge in [-0.3, -0.25) is 4.68 Å². The van der Waals surface area contributed by atoms with E-state index in [9.17, 15) is 13.2 Å². The van der Waals surface area contributed by atoms with Crippen LogP contribution in [0.15, 0.2) is 47.5 Å². The maximum atomic E-state index is 12.3. The average molecular weight is 482 g/mol. The molecule has 1 saturated heterocycles. The number of likely N-dealkylation sites (tertiary alicyclic amines) is 1. The van der Waals surface area contributed by atoms with E-state index in [1.807, 2.05) is 22.6 Å². The van der Waals surface area contributed by atoms with E-state index in [2.05, 4.69) is 16.4 Å². The molecule has 0 unspecified atom stereocenters. The van der Waals surface area contributed by atoms with Crippen LogP contribution in [0.3, 0.4) is 0 Å². The van der Waals surface area contributed by atoms with Crippen LogP contribution in [0.2, 0.25) is 0 Å². The van der Waals surface area contributed by atoms with Crippen molar-refractivity contribution in [2.45, 2.75) is 36.6 Å². The van der Waals surface area contributed by atoms with Crippen molar-refractivity contribution in [2.75, 3.05) is 25.4 Å². The number of pyridine rings is 1. The number of benzene rings is 1. The van der Waals surface area contributed by atoms with Crippen LogP contribution in [-0.4, -0.2) is 53.7 Å². The Bertz CT molecular complexity index is 1370. The normalized spacial score (nSPS) is 19.5. The van der Waals surface area contributed by atoms with Gasteiger partial charge >= 0.3 is 6.03 Å². The lowest BCUT2D eigenvalue weighted by molar-refractivity contribution is 0.206. The van der Waals surface area contributed by atoms with Crippen LogP contribution in [0, 0.1) is 0 Å². The Balaban J connectivity index is 1.45. The second-order valence-corrected chi connectivity index (χ2v) is 10.5. The summed E-state index contributed by atoms with van der Waals surface area (Å²) in [6.45, 7) is 4.76. The number of carbonyl (C=O) groups excluding carboxylic acids is 1. The van der Waals surface area contributed by atoms with Crippen molar-refractivity contribution in [3.8, 4) is 22.4 Å². The third kappa shape index (κ3) is 3.80. The molecule has 5 rings (SSSR count). The lowest BCUT2D eigenvalue weighted by Gasteiger charge is -2.23. The highest BCUT2D eigenvalue weighted by Gasteiger charge is 2.46. The van der Waals surface area contributed by atoms with Crippen LogP contribution in [0.5, 0.6) is 0 Å². The van der Waals surface area contributed by atoms with Gasteiger partial charge in [-0.05, 0) is 49.6 Å². The van der Waals surface area contributed by atoms with Gasteiger partial charge in [-0.15, -0.1) is 0 Å². The molecule has 178 valence electrons. The van der Waals surface area contributed by atoms with E-state index in [0.29, 0.717) is 24.5 Å². The largest absolute Gasteiger partial charge is 0.383 e. The summed E-state index contributed by atoms with van der Waals surface area (Å²) >= 11 is 0. The number of amides is 2. The minimum absolute atomic E-state index is 0.0154. The van der Waals surface area contributed by atoms with Gasteiger partial charge in [-0.1, -0.05) is 12.1 Å². The maximum absolute atomic E-state index is 12.3. The molecule has 1 spiro atoms. The molecule has 1 fully saturated rings. The van der Waals surface area contributed by atoms with E-state index < -0.39 is 10.0 Å². The van der Waals surface area contributed by atoms with Gasteiger partial charge in [0.15, 0.2) is 0 Å². The van der Waals surface area contributed by atoms with Gasteiger partial charge in [-0.25, -0.2) is 23.3 Å². The molecule has 34 heavy (non-hydrogen) atoms. The molecule has 2 aliphatic rings. The first-order valence-corrected chi connectivity index (χ1v) is 12.7. The molecule has 1 atom stereocenters. The number of nitrogen functional groups attached to an aromatic ring is 1. The standard InChI is InChI=1S/C23H27N7O3S/c1-2-26-22(31)29-9-7-23(14-29)8-10-30-20(23)12-19(28-30)16-11-18(21(24)27-13-16)15-3-5-17(6-4-15)34(25,32)33/h3-6,11-13H,2,7-10,14H2,1H3,(H2,24,27)(H,26,31)(H2,25,32,33)/t23-/m1/s1. The molecule has 11 heteroatoms. The maximum Gasteiger partial charge on any atom is 0.317 e. The number of sulfonamides is 1. The van der Waals surface area contributed by atoms with Crippen LogP contribution in [0.4, 0.5) is 10.6 Å². The van der Waals surface area contributed by atoms with Gasteiger partial charge in [0, 0.05) is 54.6 Å². The van der Waals surface area contributed by atoms with E-state index in [1.165, 1.54) is 12.1 Å². The third-order valence-corrected chi connectivity index (χ3v) is 7.73. The first kappa shape index (κ1) is 22.4. The summed E-state index contributed by atoms with van der Waals surface area (Å²) in [7, 11) is -3.77. The SMILES string of the molecule is CCNC(=O)N1CC[C@@]2(CCn3nc(-c4cnc(N)c(-c5ccc(S(N)(=O)=O)cc5)c4)cc32)C1. The molecule has 2 aliphatic heterocycles. The van der Waals surface area contributed by atoms with Gasteiger partial charge in [0.1, 0.15) is 5.82 Å². The zero-order valence-electron chi connectivity index (χ0n) is 18.9. The third-order valence-electron chi connectivity index (χ3n) is 6.80. The number of rotatable bonds is 4. The number of urea groups is 1. The Morgan fingerprint density at radius 1 is 1.15 bits per heavy atom.